The molecule has 1 saturated heterocycles. The van der Waals surface area contributed by atoms with Gasteiger partial charge in [-0.15, -0.1) is 5.10 Å². The van der Waals surface area contributed by atoms with Gasteiger partial charge in [-0.25, -0.2) is 13.9 Å². The number of pyridine rings is 1. The minimum atomic E-state index is -0.528. The van der Waals surface area contributed by atoms with Crippen LogP contribution in [-0.4, -0.2) is 64.3 Å². The van der Waals surface area contributed by atoms with E-state index in [1.54, 1.807) is 47.5 Å². The average Bonchev–Trinajstić information content (AvgIpc) is 3.67. The summed E-state index contributed by atoms with van der Waals surface area (Å²) < 4.78 is 33.3. The number of benzene rings is 1. The van der Waals surface area contributed by atoms with E-state index in [9.17, 15) is 4.79 Å². The minimum Gasteiger partial charge on any atom is -0.442 e. The maximum absolute atomic E-state index is 15.1. The number of hydrogen-bond acceptors (Lipinski definition) is 9. The summed E-state index contributed by atoms with van der Waals surface area (Å²) in [5.74, 6) is -0.468. The predicted octanol–water partition coefficient (Wildman–Crippen LogP) is 3.54. The fraction of sp³-hybridized carbons (Fsp3) is 0.385. The van der Waals surface area contributed by atoms with Gasteiger partial charge in [0.2, 0.25) is 0 Å². The lowest BCUT2D eigenvalue weighted by Gasteiger charge is -2.18. The number of carbonyl (C=O) groups is 1. The fourth-order valence-electron chi connectivity index (χ4n) is 4.38. The first-order valence-electron chi connectivity index (χ1n) is 12.5. The third kappa shape index (κ3) is 5.82. The number of anilines is 1. The van der Waals surface area contributed by atoms with Gasteiger partial charge in [-0.3, -0.25) is 20.2 Å². The van der Waals surface area contributed by atoms with Crippen LogP contribution in [0.2, 0.25) is 0 Å². The van der Waals surface area contributed by atoms with Crippen LogP contribution in [0.25, 0.3) is 16.8 Å². The van der Waals surface area contributed by atoms with E-state index in [1.165, 1.54) is 11.0 Å². The number of cyclic esters (lactones) is 1. The number of carbonyl (C=O) groups excluding carboxylic acids is 1. The number of nitrogens with zero attached hydrogens (tertiary/aromatic N) is 5. The molecular weight excluding hydrogens is 495 g/mol. The summed E-state index contributed by atoms with van der Waals surface area (Å²) in [6, 6.07) is 8.24. The average molecular weight is 525 g/mol. The largest absolute Gasteiger partial charge is 0.442 e. The summed E-state index contributed by atoms with van der Waals surface area (Å²) in [4.78, 5) is 23.9. The molecule has 0 spiro atoms. The van der Waals surface area contributed by atoms with Crippen LogP contribution < -0.4 is 10.4 Å². The van der Waals surface area contributed by atoms with Gasteiger partial charge in [-0.2, -0.15) is 0 Å². The second-order valence-electron chi connectivity index (χ2n) is 8.75. The first kappa shape index (κ1) is 25.8. The zero-order valence-corrected chi connectivity index (χ0v) is 21.1. The van der Waals surface area contributed by atoms with Gasteiger partial charge in [0.15, 0.2) is 6.29 Å². The first-order chi connectivity index (χ1) is 18.5. The molecule has 1 amide bonds. The van der Waals surface area contributed by atoms with Crippen LogP contribution in [0.4, 0.5) is 14.9 Å². The van der Waals surface area contributed by atoms with Crippen LogP contribution in [0.1, 0.15) is 26.0 Å². The molecule has 2 aromatic heterocycles. The van der Waals surface area contributed by atoms with E-state index in [2.05, 4.69) is 20.8 Å². The van der Waals surface area contributed by atoms with Crippen LogP contribution in [0, 0.1) is 5.82 Å². The molecule has 1 N–H and O–H groups in total. The quantitative estimate of drug-likeness (QED) is 0.376. The molecule has 2 atom stereocenters. The summed E-state index contributed by atoms with van der Waals surface area (Å²) in [5, 5.41) is 7.63. The Balaban J connectivity index is 1.24. The van der Waals surface area contributed by atoms with Gasteiger partial charge in [0.1, 0.15) is 18.0 Å². The molecule has 200 valence electrons. The van der Waals surface area contributed by atoms with Crippen molar-refractivity contribution in [2.75, 3.05) is 24.7 Å². The topological polar surface area (TPSA) is 113 Å². The maximum atomic E-state index is 15.1. The summed E-state index contributed by atoms with van der Waals surface area (Å²) >= 11 is 0. The SMILES string of the molecule is CCOC(CC1C=C(c2ccc(-c3ccc(N4C[C@H](Cn5ccnn5)OC4=O)cc3F)cn2)NO1)OCC. The number of rotatable bonds is 11. The first-order valence-corrected chi connectivity index (χ1v) is 12.5. The zero-order valence-electron chi connectivity index (χ0n) is 21.1. The molecule has 1 aromatic carbocycles. The summed E-state index contributed by atoms with van der Waals surface area (Å²) in [7, 11) is 0. The highest BCUT2D eigenvalue weighted by atomic mass is 19.1. The molecule has 1 fully saturated rings. The second-order valence-corrected chi connectivity index (χ2v) is 8.75. The van der Waals surface area contributed by atoms with Gasteiger partial charge < -0.3 is 14.2 Å². The molecule has 2 aliphatic rings. The lowest BCUT2D eigenvalue weighted by molar-refractivity contribution is -0.154. The molecule has 0 aliphatic carbocycles. The minimum absolute atomic E-state index is 0.229. The Bertz CT molecular complexity index is 1260. The number of amides is 1. The smallest absolute Gasteiger partial charge is 0.414 e. The van der Waals surface area contributed by atoms with Crippen LogP contribution in [0.5, 0.6) is 0 Å². The summed E-state index contributed by atoms with van der Waals surface area (Å²) in [6.45, 7) is 5.59. The molecule has 0 radical (unpaired) electrons. The highest BCUT2D eigenvalue weighted by molar-refractivity contribution is 5.90. The van der Waals surface area contributed by atoms with Crippen LogP contribution in [0.15, 0.2) is 55.0 Å². The fourth-order valence-corrected chi connectivity index (χ4v) is 4.38. The van der Waals surface area contributed by atoms with Gasteiger partial charge >= 0.3 is 6.09 Å². The lowest BCUT2D eigenvalue weighted by Crippen LogP contribution is -2.26. The van der Waals surface area contributed by atoms with E-state index < -0.39 is 18.0 Å². The van der Waals surface area contributed by atoms with E-state index in [1.807, 2.05) is 19.9 Å². The van der Waals surface area contributed by atoms with Crippen LogP contribution in [0.3, 0.4) is 0 Å². The van der Waals surface area contributed by atoms with E-state index in [0.717, 1.165) is 5.70 Å². The van der Waals surface area contributed by atoms with Gasteiger partial charge in [-0.1, -0.05) is 11.3 Å². The van der Waals surface area contributed by atoms with Gasteiger partial charge in [-0.05, 0) is 44.2 Å². The third-order valence-electron chi connectivity index (χ3n) is 6.15. The van der Waals surface area contributed by atoms with Crippen molar-refractivity contribution >= 4 is 17.5 Å². The van der Waals surface area contributed by atoms with E-state index in [-0.39, 0.29) is 18.9 Å². The van der Waals surface area contributed by atoms with Crippen molar-refractivity contribution in [3.8, 4) is 11.1 Å². The molecule has 3 aromatic rings. The Hall–Kier alpha value is -3.87. The molecule has 0 bridgehead atoms. The lowest BCUT2D eigenvalue weighted by atomic mass is 10.1. The van der Waals surface area contributed by atoms with Gasteiger partial charge in [0, 0.05) is 43.2 Å². The monoisotopic (exact) mass is 524 g/mol. The molecule has 2 aliphatic heterocycles. The third-order valence-corrected chi connectivity index (χ3v) is 6.15. The summed E-state index contributed by atoms with van der Waals surface area (Å²) in [6.07, 6.45) is 5.80. The van der Waals surface area contributed by atoms with Gasteiger partial charge in [0.25, 0.3) is 0 Å². The summed E-state index contributed by atoms with van der Waals surface area (Å²) in [5.41, 5.74) is 5.68. The number of aromatic nitrogens is 4. The Labute approximate surface area is 219 Å². The molecule has 11 nitrogen and oxygen atoms in total. The molecule has 5 rings (SSSR count). The highest BCUT2D eigenvalue weighted by Gasteiger charge is 2.33. The number of ether oxygens (including phenoxy) is 3. The maximum Gasteiger partial charge on any atom is 0.414 e. The number of halogens is 1. The Morgan fingerprint density at radius 2 is 2.05 bits per heavy atom. The number of hydrogen-bond donors (Lipinski definition) is 1. The molecule has 1 unspecified atom stereocenters. The Morgan fingerprint density at radius 3 is 2.74 bits per heavy atom. The zero-order chi connectivity index (χ0) is 26.5. The van der Waals surface area contributed by atoms with E-state index in [4.69, 9.17) is 19.0 Å². The normalized spacial score (nSPS) is 19.1. The van der Waals surface area contributed by atoms with Crippen molar-refractivity contribution in [2.45, 2.75) is 45.3 Å². The number of nitrogens with one attached hydrogen (secondary N) is 1. The second kappa shape index (κ2) is 11.7. The van der Waals surface area contributed by atoms with E-state index in [0.29, 0.717) is 48.7 Å². The van der Waals surface area contributed by atoms with Crippen molar-refractivity contribution in [2.24, 2.45) is 0 Å². The van der Waals surface area contributed by atoms with Crippen molar-refractivity contribution in [3.05, 3.63) is 66.5 Å². The van der Waals surface area contributed by atoms with Crippen molar-refractivity contribution in [1.29, 1.82) is 0 Å². The van der Waals surface area contributed by atoms with Gasteiger partial charge in [0.05, 0.1) is 36.4 Å². The Morgan fingerprint density at radius 1 is 1.21 bits per heavy atom. The molecule has 12 heteroatoms. The van der Waals surface area contributed by atoms with Crippen LogP contribution in [-0.2, 0) is 25.6 Å². The molecule has 0 saturated carbocycles. The Kier molecular flexibility index (Phi) is 7.91. The number of hydroxylamine groups is 1. The molecule has 38 heavy (non-hydrogen) atoms. The molecule has 4 heterocycles. The van der Waals surface area contributed by atoms with E-state index >= 15 is 4.39 Å². The van der Waals surface area contributed by atoms with Crippen molar-refractivity contribution in [3.63, 3.8) is 0 Å². The van der Waals surface area contributed by atoms with Crippen LogP contribution >= 0.6 is 0 Å². The van der Waals surface area contributed by atoms with Crippen molar-refractivity contribution < 1.29 is 28.2 Å². The standard InChI is InChI=1S/C26H29FN6O5/c1-3-35-25(36-4-2)13-19-12-24(30-38-19)23-8-5-17(14-28-23)21-7-6-18(11-22(21)27)33-16-20(37-26(33)34)15-32-10-9-29-31-32/h5-12,14,19-20,25,30H,3-4,13,15-16H2,1-2H3/t19?,20-/m0/s1. The molecular formula is C26H29FN6O5. The predicted molar refractivity (Wildman–Crippen MR) is 135 cm³/mol. The van der Waals surface area contributed by atoms with Crippen molar-refractivity contribution in [1.82, 2.24) is 25.5 Å². The highest BCUT2D eigenvalue weighted by Crippen LogP contribution is 2.30.